The molecule has 1 aliphatic heterocycles. The molecule has 2 aromatic carbocycles. The van der Waals surface area contributed by atoms with E-state index in [1.807, 2.05) is 67.6 Å². The van der Waals surface area contributed by atoms with Gasteiger partial charge in [-0.15, -0.1) is 0 Å². The van der Waals surface area contributed by atoms with Gasteiger partial charge >= 0.3 is 0 Å². The lowest BCUT2D eigenvalue weighted by Crippen LogP contribution is -2.54. The first kappa shape index (κ1) is 20.9. The van der Waals surface area contributed by atoms with Gasteiger partial charge in [-0.05, 0) is 17.5 Å². The van der Waals surface area contributed by atoms with Gasteiger partial charge in [0.2, 0.25) is 0 Å². The fourth-order valence-corrected chi connectivity index (χ4v) is 3.66. The number of aliphatic hydroxyl groups excluding tert-OH is 3. The third-order valence-corrected chi connectivity index (χ3v) is 5.25. The molecule has 1 saturated heterocycles. The summed E-state index contributed by atoms with van der Waals surface area (Å²) in [6.45, 7) is 1.86. The highest BCUT2D eigenvalue weighted by molar-refractivity contribution is 5.15. The van der Waals surface area contributed by atoms with Gasteiger partial charge in [0, 0.05) is 0 Å². The van der Waals surface area contributed by atoms with E-state index in [0.717, 1.165) is 11.1 Å². The normalized spacial score (nSPS) is 28.4. The van der Waals surface area contributed by atoms with Crippen LogP contribution in [0.3, 0.4) is 0 Å². The first-order valence-corrected chi connectivity index (χ1v) is 9.56. The molecule has 0 bridgehead atoms. The molecule has 0 radical (unpaired) electrons. The summed E-state index contributed by atoms with van der Waals surface area (Å²) in [5.74, 6) is 0. The molecule has 152 valence electrons. The maximum absolute atomic E-state index is 10.5. The van der Waals surface area contributed by atoms with Gasteiger partial charge in [-0.3, -0.25) is 0 Å². The van der Waals surface area contributed by atoms with Crippen molar-refractivity contribution < 1.29 is 29.5 Å². The van der Waals surface area contributed by atoms with Crippen molar-refractivity contribution >= 4 is 0 Å². The highest BCUT2D eigenvalue weighted by Crippen LogP contribution is 2.40. The van der Waals surface area contributed by atoms with Gasteiger partial charge in [0.1, 0.15) is 23.9 Å². The van der Waals surface area contributed by atoms with Crippen molar-refractivity contribution in [2.24, 2.45) is 0 Å². The van der Waals surface area contributed by atoms with E-state index in [-0.39, 0.29) is 13.2 Å². The van der Waals surface area contributed by atoms with Gasteiger partial charge in [-0.25, -0.2) is 0 Å². The molecule has 0 amide bonds. The zero-order valence-electron chi connectivity index (χ0n) is 16.0. The quantitative estimate of drug-likeness (QED) is 0.609. The maximum atomic E-state index is 10.5. The molecule has 1 fully saturated rings. The fourth-order valence-electron chi connectivity index (χ4n) is 3.66. The number of hydrogen-bond acceptors (Lipinski definition) is 6. The van der Waals surface area contributed by atoms with Crippen LogP contribution in [0.2, 0.25) is 0 Å². The van der Waals surface area contributed by atoms with Crippen molar-refractivity contribution in [3.05, 3.63) is 71.8 Å². The standard InChI is InChI=1S/C22H28O6/c1-2-22(18(24)13-23)20(27-15-17-11-7-4-8-12-17)19(21(25)28-22)26-14-16-9-5-3-6-10-16/h3-12,18-21,23-25H,2,13-15H2,1H3/t18-,19-,20-,21?,22+/m1/s1. The second-order valence-electron chi connectivity index (χ2n) is 6.99. The van der Waals surface area contributed by atoms with Crippen LogP contribution in [0.25, 0.3) is 0 Å². The highest BCUT2D eigenvalue weighted by Gasteiger charge is 2.59. The largest absolute Gasteiger partial charge is 0.394 e. The Morgan fingerprint density at radius 2 is 1.50 bits per heavy atom. The first-order chi connectivity index (χ1) is 13.6. The van der Waals surface area contributed by atoms with Crippen molar-refractivity contribution in [1.82, 2.24) is 0 Å². The number of benzene rings is 2. The number of rotatable bonds is 9. The molecule has 6 nitrogen and oxygen atoms in total. The third-order valence-electron chi connectivity index (χ3n) is 5.25. The van der Waals surface area contributed by atoms with Crippen LogP contribution in [-0.4, -0.2) is 52.1 Å². The van der Waals surface area contributed by atoms with Crippen molar-refractivity contribution in [2.75, 3.05) is 6.61 Å². The monoisotopic (exact) mass is 388 g/mol. The molecule has 0 saturated carbocycles. The van der Waals surface area contributed by atoms with Crippen LogP contribution >= 0.6 is 0 Å². The molecule has 28 heavy (non-hydrogen) atoms. The van der Waals surface area contributed by atoms with E-state index in [1.54, 1.807) is 0 Å². The van der Waals surface area contributed by atoms with Crippen LogP contribution in [0.4, 0.5) is 0 Å². The molecule has 3 N–H and O–H groups in total. The second-order valence-corrected chi connectivity index (χ2v) is 6.99. The topological polar surface area (TPSA) is 88.4 Å². The van der Waals surface area contributed by atoms with Gasteiger partial charge in [0.05, 0.1) is 19.8 Å². The lowest BCUT2D eigenvalue weighted by atomic mass is 9.86. The molecular formula is C22H28O6. The number of hydrogen-bond donors (Lipinski definition) is 3. The average molecular weight is 388 g/mol. The predicted octanol–water partition coefficient (Wildman–Crippen LogP) is 2.01. The fraction of sp³-hybridized carbons (Fsp3) is 0.455. The van der Waals surface area contributed by atoms with Crippen LogP contribution < -0.4 is 0 Å². The molecule has 6 heteroatoms. The molecule has 3 rings (SSSR count). The average Bonchev–Trinajstić information content (AvgIpc) is 3.03. The van der Waals surface area contributed by atoms with Crippen LogP contribution in [0, 0.1) is 0 Å². The summed E-state index contributed by atoms with van der Waals surface area (Å²) in [5.41, 5.74) is 0.645. The van der Waals surface area contributed by atoms with Crippen molar-refractivity contribution in [2.45, 2.75) is 56.8 Å². The van der Waals surface area contributed by atoms with Gasteiger partial charge in [-0.2, -0.15) is 0 Å². The van der Waals surface area contributed by atoms with E-state index >= 15 is 0 Å². The van der Waals surface area contributed by atoms with Crippen LogP contribution in [0.1, 0.15) is 24.5 Å². The van der Waals surface area contributed by atoms with Crippen molar-refractivity contribution in [3.63, 3.8) is 0 Å². The molecule has 1 aliphatic rings. The van der Waals surface area contributed by atoms with Crippen LogP contribution in [0.5, 0.6) is 0 Å². The molecular weight excluding hydrogens is 360 g/mol. The summed E-state index contributed by atoms with van der Waals surface area (Å²) < 4.78 is 17.8. The molecule has 0 aromatic heterocycles. The van der Waals surface area contributed by atoms with Crippen LogP contribution in [-0.2, 0) is 27.4 Å². The summed E-state index contributed by atoms with van der Waals surface area (Å²) in [6.07, 6.45) is -3.69. The van der Waals surface area contributed by atoms with E-state index in [4.69, 9.17) is 14.2 Å². The Morgan fingerprint density at radius 3 is 2.00 bits per heavy atom. The Hall–Kier alpha value is -1.80. The predicted molar refractivity (Wildman–Crippen MR) is 103 cm³/mol. The van der Waals surface area contributed by atoms with Gasteiger partial charge in [0.25, 0.3) is 0 Å². The Kier molecular flexibility index (Phi) is 7.18. The minimum atomic E-state index is -1.27. The van der Waals surface area contributed by atoms with Gasteiger partial charge < -0.3 is 29.5 Å². The smallest absolute Gasteiger partial charge is 0.184 e. The molecule has 2 aromatic rings. The van der Waals surface area contributed by atoms with E-state index < -0.39 is 36.8 Å². The molecule has 0 spiro atoms. The first-order valence-electron chi connectivity index (χ1n) is 9.56. The van der Waals surface area contributed by atoms with E-state index in [1.165, 1.54) is 0 Å². The van der Waals surface area contributed by atoms with Crippen molar-refractivity contribution in [3.8, 4) is 0 Å². The Balaban J connectivity index is 1.80. The summed E-state index contributed by atoms with van der Waals surface area (Å²) in [7, 11) is 0. The van der Waals surface area contributed by atoms with Gasteiger partial charge in [-0.1, -0.05) is 67.6 Å². The zero-order chi connectivity index (χ0) is 20.0. The molecule has 1 unspecified atom stereocenters. The molecule has 0 aliphatic carbocycles. The number of ether oxygens (including phenoxy) is 3. The second kappa shape index (κ2) is 9.60. The summed E-state index contributed by atoms with van der Waals surface area (Å²) >= 11 is 0. The van der Waals surface area contributed by atoms with Crippen LogP contribution in [0.15, 0.2) is 60.7 Å². The van der Waals surface area contributed by atoms with E-state index in [2.05, 4.69) is 0 Å². The maximum Gasteiger partial charge on any atom is 0.184 e. The van der Waals surface area contributed by atoms with Crippen molar-refractivity contribution in [1.29, 1.82) is 0 Å². The Bertz CT molecular complexity index is 709. The molecule has 5 atom stereocenters. The van der Waals surface area contributed by atoms with Gasteiger partial charge in [0.15, 0.2) is 6.29 Å². The zero-order valence-corrected chi connectivity index (χ0v) is 16.0. The molecule has 1 heterocycles. The third kappa shape index (κ3) is 4.43. The SMILES string of the molecule is CC[C@@]1([C@H](O)CO)OC(O)[C@H](OCc2ccccc2)[C@H]1OCc1ccccc1. The lowest BCUT2D eigenvalue weighted by Gasteiger charge is -2.37. The summed E-state index contributed by atoms with van der Waals surface area (Å²) in [4.78, 5) is 0. The van der Waals surface area contributed by atoms with E-state index in [0.29, 0.717) is 6.42 Å². The summed E-state index contributed by atoms with van der Waals surface area (Å²) in [5, 5.41) is 30.6. The minimum absolute atomic E-state index is 0.270. The highest BCUT2D eigenvalue weighted by atomic mass is 16.7. The minimum Gasteiger partial charge on any atom is -0.394 e. The summed E-state index contributed by atoms with van der Waals surface area (Å²) in [6, 6.07) is 19.2. The van der Waals surface area contributed by atoms with E-state index in [9.17, 15) is 15.3 Å². The lowest BCUT2D eigenvalue weighted by molar-refractivity contribution is -0.210. The Morgan fingerprint density at radius 1 is 0.964 bits per heavy atom. The number of aliphatic hydroxyl groups is 3. The Labute approximate surface area is 165 Å².